The van der Waals surface area contributed by atoms with Crippen molar-refractivity contribution in [2.75, 3.05) is 27.1 Å². The van der Waals surface area contributed by atoms with Crippen molar-refractivity contribution >= 4 is 22.1 Å². The van der Waals surface area contributed by atoms with E-state index >= 15 is 0 Å². The summed E-state index contributed by atoms with van der Waals surface area (Å²) in [4.78, 5) is 14.0. The van der Waals surface area contributed by atoms with Crippen LogP contribution in [-0.2, 0) is 0 Å². The highest BCUT2D eigenvalue weighted by molar-refractivity contribution is 7.17. The second-order valence-electron chi connectivity index (χ2n) is 6.15. The predicted molar refractivity (Wildman–Crippen MR) is 115 cm³/mol. The molecular formula is C23H21NO4S. The zero-order chi connectivity index (χ0) is 21.0. The maximum Gasteiger partial charge on any atom is 0.203 e. The summed E-state index contributed by atoms with van der Waals surface area (Å²) >= 11 is 1.31. The summed E-state index contributed by atoms with van der Waals surface area (Å²) in [5.74, 6) is 7.26. The molecule has 148 valence electrons. The normalized spacial score (nSPS) is 10.1. The zero-order valence-corrected chi connectivity index (χ0v) is 17.5. The van der Waals surface area contributed by atoms with Gasteiger partial charge < -0.3 is 19.9 Å². The van der Waals surface area contributed by atoms with E-state index in [1.807, 2.05) is 37.3 Å². The predicted octanol–water partition coefficient (Wildman–Crippen LogP) is 4.30. The van der Waals surface area contributed by atoms with Crippen molar-refractivity contribution in [3.05, 3.63) is 69.6 Å². The van der Waals surface area contributed by atoms with E-state index in [-0.39, 0.29) is 5.78 Å². The minimum atomic E-state index is -0.219. The van der Waals surface area contributed by atoms with Crippen LogP contribution in [0.2, 0.25) is 0 Å². The van der Waals surface area contributed by atoms with E-state index in [1.165, 1.54) is 32.7 Å². The van der Waals surface area contributed by atoms with Crippen LogP contribution in [-0.4, -0.2) is 27.1 Å². The van der Waals surface area contributed by atoms with Crippen molar-refractivity contribution in [1.29, 1.82) is 0 Å². The molecule has 0 amide bonds. The molecular weight excluding hydrogens is 386 g/mol. The minimum absolute atomic E-state index is 0.219. The van der Waals surface area contributed by atoms with Gasteiger partial charge in [-0.05, 0) is 36.8 Å². The van der Waals surface area contributed by atoms with Gasteiger partial charge in [0.1, 0.15) is 0 Å². The van der Waals surface area contributed by atoms with Gasteiger partial charge in [0.05, 0.1) is 36.8 Å². The lowest BCUT2D eigenvalue weighted by Gasteiger charge is -2.14. The van der Waals surface area contributed by atoms with Crippen LogP contribution in [0.5, 0.6) is 17.2 Å². The van der Waals surface area contributed by atoms with E-state index in [0.29, 0.717) is 33.4 Å². The highest BCUT2D eigenvalue weighted by Gasteiger charge is 2.23. The Morgan fingerprint density at radius 2 is 1.59 bits per heavy atom. The zero-order valence-electron chi connectivity index (χ0n) is 16.7. The Morgan fingerprint density at radius 1 is 0.966 bits per heavy atom. The Labute approximate surface area is 174 Å². The smallest absolute Gasteiger partial charge is 0.203 e. The molecule has 29 heavy (non-hydrogen) atoms. The molecule has 0 radical (unpaired) electrons. The topological polar surface area (TPSA) is 70.8 Å². The van der Waals surface area contributed by atoms with Gasteiger partial charge in [-0.25, -0.2) is 0 Å². The van der Waals surface area contributed by atoms with E-state index in [4.69, 9.17) is 19.9 Å². The Balaban J connectivity index is 2.03. The molecule has 0 aliphatic carbocycles. The van der Waals surface area contributed by atoms with Crippen LogP contribution < -0.4 is 19.9 Å². The SMILES string of the molecule is COc1cc(C(=O)c2c(N)sc(C#Cc3ccccc3)c2C)cc(OC)c1OC. The molecule has 0 aliphatic heterocycles. The number of ether oxygens (including phenoxy) is 3. The Hall–Kier alpha value is -3.43. The Morgan fingerprint density at radius 3 is 2.14 bits per heavy atom. The fourth-order valence-electron chi connectivity index (χ4n) is 2.94. The third-order valence-electron chi connectivity index (χ3n) is 4.42. The molecule has 3 aromatic rings. The van der Waals surface area contributed by atoms with E-state index in [2.05, 4.69) is 11.8 Å². The molecule has 3 rings (SSSR count). The second kappa shape index (κ2) is 8.72. The number of thiophene rings is 1. The van der Waals surface area contributed by atoms with E-state index in [1.54, 1.807) is 12.1 Å². The highest BCUT2D eigenvalue weighted by Crippen LogP contribution is 2.40. The summed E-state index contributed by atoms with van der Waals surface area (Å²) < 4.78 is 16.0. The average molecular weight is 407 g/mol. The lowest BCUT2D eigenvalue weighted by Crippen LogP contribution is -2.06. The largest absolute Gasteiger partial charge is 0.493 e. The molecule has 6 heteroatoms. The molecule has 2 N–H and O–H groups in total. The second-order valence-corrected chi connectivity index (χ2v) is 7.21. The van der Waals surface area contributed by atoms with Crippen LogP contribution in [0.1, 0.15) is 31.9 Å². The number of carbonyl (C=O) groups excluding carboxylic acids is 1. The monoisotopic (exact) mass is 407 g/mol. The van der Waals surface area contributed by atoms with E-state index in [9.17, 15) is 4.79 Å². The first kappa shape index (κ1) is 20.3. The fraction of sp³-hybridized carbons (Fsp3) is 0.174. The third kappa shape index (κ3) is 4.05. The summed E-state index contributed by atoms with van der Waals surface area (Å²) in [6.07, 6.45) is 0. The first-order valence-electron chi connectivity index (χ1n) is 8.80. The van der Waals surface area contributed by atoms with Gasteiger partial charge >= 0.3 is 0 Å². The van der Waals surface area contributed by atoms with Crippen molar-refractivity contribution in [3.63, 3.8) is 0 Å². The van der Waals surface area contributed by atoms with Crippen LogP contribution in [0.3, 0.4) is 0 Å². The minimum Gasteiger partial charge on any atom is -0.493 e. The van der Waals surface area contributed by atoms with Crippen LogP contribution in [0, 0.1) is 18.8 Å². The molecule has 0 bridgehead atoms. The molecule has 0 saturated heterocycles. The molecule has 2 aromatic carbocycles. The van der Waals surface area contributed by atoms with Gasteiger partial charge in [0.15, 0.2) is 17.3 Å². The number of carbonyl (C=O) groups is 1. The average Bonchev–Trinajstić information content (AvgIpc) is 3.04. The van der Waals surface area contributed by atoms with Gasteiger partial charge in [-0.2, -0.15) is 0 Å². The summed E-state index contributed by atoms with van der Waals surface area (Å²) in [6.45, 7) is 1.85. The van der Waals surface area contributed by atoms with Crippen molar-refractivity contribution in [1.82, 2.24) is 0 Å². The van der Waals surface area contributed by atoms with Gasteiger partial charge in [0.2, 0.25) is 5.75 Å². The molecule has 1 aromatic heterocycles. The Bertz CT molecular complexity index is 1080. The molecule has 0 spiro atoms. The fourth-order valence-corrected chi connectivity index (χ4v) is 3.87. The van der Waals surface area contributed by atoms with Gasteiger partial charge in [-0.3, -0.25) is 4.79 Å². The van der Waals surface area contributed by atoms with Crippen molar-refractivity contribution in [2.45, 2.75) is 6.92 Å². The number of ketones is 1. The molecule has 0 atom stereocenters. The summed E-state index contributed by atoms with van der Waals surface area (Å²) in [6, 6.07) is 12.9. The van der Waals surface area contributed by atoms with E-state index in [0.717, 1.165) is 16.0 Å². The number of methoxy groups -OCH3 is 3. The highest BCUT2D eigenvalue weighted by atomic mass is 32.1. The lowest BCUT2D eigenvalue weighted by molar-refractivity contribution is 0.103. The van der Waals surface area contributed by atoms with Gasteiger partial charge in [-0.15, -0.1) is 11.3 Å². The molecule has 0 fully saturated rings. The number of hydrogen-bond donors (Lipinski definition) is 1. The van der Waals surface area contributed by atoms with Gasteiger partial charge in [0, 0.05) is 11.1 Å². The molecule has 0 saturated carbocycles. The van der Waals surface area contributed by atoms with Crippen molar-refractivity contribution in [3.8, 4) is 29.1 Å². The molecule has 0 aliphatic rings. The van der Waals surface area contributed by atoms with Gasteiger partial charge in [-0.1, -0.05) is 30.0 Å². The van der Waals surface area contributed by atoms with Crippen molar-refractivity contribution in [2.24, 2.45) is 0 Å². The summed E-state index contributed by atoms with van der Waals surface area (Å²) in [5.41, 5.74) is 8.69. The summed E-state index contributed by atoms with van der Waals surface area (Å²) in [7, 11) is 4.53. The number of hydrogen-bond acceptors (Lipinski definition) is 6. The summed E-state index contributed by atoms with van der Waals surface area (Å²) in [5, 5.41) is 0.429. The number of benzene rings is 2. The van der Waals surface area contributed by atoms with Crippen LogP contribution in [0.25, 0.3) is 0 Å². The molecule has 5 nitrogen and oxygen atoms in total. The maximum absolute atomic E-state index is 13.2. The lowest BCUT2D eigenvalue weighted by atomic mass is 10.00. The molecule has 1 heterocycles. The van der Waals surface area contributed by atoms with Crippen molar-refractivity contribution < 1.29 is 19.0 Å². The standard InChI is InChI=1S/C23H21NO4S/c1-14-19(11-10-15-8-6-5-7-9-15)29-23(24)20(14)21(25)16-12-17(26-2)22(28-4)18(13-16)27-3/h5-9,12-13H,24H2,1-4H3. The van der Waals surface area contributed by atoms with Crippen LogP contribution >= 0.6 is 11.3 Å². The molecule has 0 unspecified atom stereocenters. The van der Waals surface area contributed by atoms with Crippen LogP contribution in [0.15, 0.2) is 42.5 Å². The number of nitrogens with two attached hydrogens (primary N) is 1. The Kier molecular flexibility index (Phi) is 6.10. The quantitative estimate of drug-likeness (QED) is 0.505. The first-order valence-corrected chi connectivity index (χ1v) is 9.62. The number of rotatable bonds is 5. The maximum atomic E-state index is 13.2. The van der Waals surface area contributed by atoms with Gasteiger partial charge in [0.25, 0.3) is 0 Å². The number of anilines is 1. The van der Waals surface area contributed by atoms with E-state index < -0.39 is 0 Å². The number of nitrogen functional groups attached to an aromatic ring is 1. The first-order chi connectivity index (χ1) is 14.0. The van der Waals surface area contributed by atoms with Crippen LogP contribution in [0.4, 0.5) is 5.00 Å². The third-order valence-corrected chi connectivity index (χ3v) is 5.46.